The lowest BCUT2D eigenvalue weighted by molar-refractivity contribution is 0.264. The highest BCUT2D eigenvalue weighted by Crippen LogP contribution is 2.32. The number of rotatable bonds is 5. The molecule has 18 heavy (non-hydrogen) atoms. The molecular weight excluding hydrogens is 226 g/mol. The summed E-state index contributed by atoms with van der Waals surface area (Å²) in [5.41, 5.74) is 0. The van der Waals surface area contributed by atoms with Crippen molar-refractivity contribution in [2.45, 2.75) is 70.8 Å². The van der Waals surface area contributed by atoms with Crippen LogP contribution in [0.5, 0.6) is 0 Å². The summed E-state index contributed by atoms with van der Waals surface area (Å²) >= 11 is 0. The molecule has 0 bridgehead atoms. The molecule has 1 aromatic rings. The molecule has 0 aromatic carbocycles. The van der Waals surface area contributed by atoms with Crippen molar-refractivity contribution < 1.29 is 4.52 Å². The smallest absolute Gasteiger partial charge is 0.231 e. The Morgan fingerprint density at radius 3 is 2.83 bits per heavy atom. The van der Waals surface area contributed by atoms with Gasteiger partial charge in [0.25, 0.3) is 0 Å². The zero-order chi connectivity index (χ0) is 13.0. The predicted molar refractivity (Wildman–Crippen MR) is 71.7 cm³/mol. The van der Waals surface area contributed by atoms with Crippen molar-refractivity contribution in [3.05, 3.63) is 11.7 Å². The van der Waals surface area contributed by atoms with Crippen molar-refractivity contribution in [1.29, 1.82) is 0 Å². The Kier molecular flexibility index (Phi) is 4.75. The minimum absolute atomic E-state index is 0.392. The van der Waals surface area contributed by atoms with Gasteiger partial charge in [0.05, 0.1) is 5.92 Å². The van der Waals surface area contributed by atoms with Crippen molar-refractivity contribution >= 4 is 0 Å². The molecule has 1 saturated carbocycles. The maximum absolute atomic E-state index is 5.50. The molecule has 1 heterocycles. The van der Waals surface area contributed by atoms with Gasteiger partial charge in [-0.25, -0.2) is 0 Å². The van der Waals surface area contributed by atoms with Gasteiger partial charge in [-0.1, -0.05) is 38.8 Å². The number of aromatic nitrogens is 2. The number of hydrogen-bond acceptors (Lipinski definition) is 4. The lowest BCUT2D eigenvalue weighted by atomic mass is 9.84. The predicted octanol–water partition coefficient (Wildman–Crippen LogP) is 3.22. The minimum atomic E-state index is 0.392. The lowest BCUT2D eigenvalue weighted by Crippen LogP contribution is -2.37. The van der Waals surface area contributed by atoms with E-state index in [1.54, 1.807) is 0 Å². The summed E-state index contributed by atoms with van der Waals surface area (Å²) in [6.45, 7) is 7.47. The van der Waals surface area contributed by atoms with Crippen LogP contribution < -0.4 is 5.32 Å². The molecule has 4 heteroatoms. The van der Waals surface area contributed by atoms with E-state index in [1.807, 2.05) is 0 Å². The summed E-state index contributed by atoms with van der Waals surface area (Å²) in [7, 11) is 0. The Balaban J connectivity index is 2.10. The van der Waals surface area contributed by atoms with Gasteiger partial charge in [-0.05, 0) is 25.8 Å². The van der Waals surface area contributed by atoms with Crippen molar-refractivity contribution in [2.75, 3.05) is 6.54 Å². The normalized spacial score (nSPS) is 26.2. The van der Waals surface area contributed by atoms with Gasteiger partial charge < -0.3 is 9.84 Å². The summed E-state index contributed by atoms with van der Waals surface area (Å²) in [6.07, 6.45) is 6.02. The molecule has 0 aliphatic heterocycles. The lowest BCUT2D eigenvalue weighted by Gasteiger charge is -2.29. The third kappa shape index (κ3) is 2.91. The van der Waals surface area contributed by atoms with Crippen molar-refractivity contribution in [3.8, 4) is 0 Å². The fourth-order valence-corrected chi connectivity index (χ4v) is 2.71. The van der Waals surface area contributed by atoms with E-state index in [9.17, 15) is 0 Å². The van der Waals surface area contributed by atoms with Gasteiger partial charge in [-0.15, -0.1) is 0 Å². The van der Waals surface area contributed by atoms with E-state index in [0.717, 1.165) is 24.7 Å². The van der Waals surface area contributed by atoms with Crippen LogP contribution in [0.4, 0.5) is 0 Å². The largest absolute Gasteiger partial charge is 0.339 e. The van der Waals surface area contributed by atoms with E-state index in [1.165, 1.54) is 25.7 Å². The highest BCUT2D eigenvalue weighted by Gasteiger charge is 2.30. The third-order valence-electron chi connectivity index (χ3n) is 4.06. The molecule has 1 aliphatic carbocycles. The minimum Gasteiger partial charge on any atom is -0.339 e. The second-order valence-corrected chi connectivity index (χ2v) is 5.36. The first kappa shape index (κ1) is 13.5. The first-order chi connectivity index (χ1) is 8.76. The second kappa shape index (κ2) is 6.32. The van der Waals surface area contributed by atoms with Gasteiger partial charge in [0.15, 0.2) is 5.82 Å². The quantitative estimate of drug-likeness (QED) is 0.873. The Bertz CT molecular complexity index is 362. The zero-order valence-corrected chi connectivity index (χ0v) is 11.8. The number of hydrogen-bond donors (Lipinski definition) is 1. The van der Waals surface area contributed by atoms with E-state index in [0.29, 0.717) is 17.9 Å². The van der Waals surface area contributed by atoms with E-state index in [4.69, 9.17) is 4.52 Å². The van der Waals surface area contributed by atoms with Crippen molar-refractivity contribution in [3.63, 3.8) is 0 Å². The molecule has 0 spiro atoms. The van der Waals surface area contributed by atoms with E-state index in [-0.39, 0.29) is 0 Å². The van der Waals surface area contributed by atoms with Gasteiger partial charge in [0.2, 0.25) is 5.89 Å². The monoisotopic (exact) mass is 251 g/mol. The molecule has 0 amide bonds. The molecule has 1 aromatic heterocycles. The molecule has 3 atom stereocenters. The topological polar surface area (TPSA) is 51.0 Å². The summed E-state index contributed by atoms with van der Waals surface area (Å²) < 4.78 is 5.50. The molecule has 4 nitrogen and oxygen atoms in total. The number of likely N-dealkylation sites (N-methyl/N-ethyl adjacent to an activating group) is 1. The van der Waals surface area contributed by atoms with Crippen LogP contribution in [0.2, 0.25) is 0 Å². The summed E-state index contributed by atoms with van der Waals surface area (Å²) in [4.78, 5) is 4.62. The van der Waals surface area contributed by atoms with Crippen LogP contribution in [-0.4, -0.2) is 22.7 Å². The molecule has 1 N–H and O–H groups in total. The SMILES string of the molecule is CCNC1CCCCC1c1nc(C(C)CC)no1. The maximum Gasteiger partial charge on any atom is 0.231 e. The van der Waals surface area contributed by atoms with Crippen LogP contribution in [0.3, 0.4) is 0 Å². The highest BCUT2D eigenvalue weighted by atomic mass is 16.5. The van der Waals surface area contributed by atoms with Gasteiger partial charge in [0, 0.05) is 12.0 Å². The fraction of sp³-hybridized carbons (Fsp3) is 0.857. The number of nitrogens with one attached hydrogen (secondary N) is 1. The standard InChI is InChI=1S/C14H25N3O/c1-4-10(3)13-16-14(18-17-13)11-8-6-7-9-12(11)15-5-2/h10-12,15H,4-9H2,1-3H3. The highest BCUT2D eigenvalue weighted by molar-refractivity contribution is 5.03. The van der Waals surface area contributed by atoms with Crippen LogP contribution in [0.25, 0.3) is 0 Å². The Labute approximate surface area is 110 Å². The number of nitrogens with zero attached hydrogens (tertiary/aromatic N) is 2. The zero-order valence-electron chi connectivity index (χ0n) is 11.8. The molecule has 0 radical (unpaired) electrons. The van der Waals surface area contributed by atoms with Crippen LogP contribution in [0.1, 0.15) is 76.4 Å². The van der Waals surface area contributed by atoms with Crippen molar-refractivity contribution in [2.24, 2.45) is 0 Å². The molecule has 2 rings (SSSR count). The molecule has 102 valence electrons. The van der Waals surface area contributed by atoms with Crippen LogP contribution in [0, 0.1) is 0 Å². The molecule has 1 aliphatic rings. The van der Waals surface area contributed by atoms with Crippen LogP contribution in [0.15, 0.2) is 4.52 Å². The van der Waals surface area contributed by atoms with E-state index < -0.39 is 0 Å². The van der Waals surface area contributed by atoms with Gasteiger partial charge in [-0.2, -0.15) is 4.98 Å². The van der Waals surface area contributed by atoms with Gasteiger partial charge in [-0.3, -0.25) is 0 Å². The summed E-state index contributed by atoms with van der Waals surface area (Å²) in [6, 6.07) is 0.508. The molecular formula is C14H25N3O. The Morgan fingerprint density at radius 2 is 2.11 bits per heavy atom. The molecule has 1 fully saturated rings. The Morgan fingerprint density at radius 1 is 1.33 bits per heavy atom. The van der Waals surface area contributed by atoms with E-state index >= 15 is 0 Å². The second-order valence-electron chi connectivity index (χ2n) is 5.36. The Hall–Kier alpha value is -0.900. The maximum atomic E-state index is 5.50. The van der Waals surface area contributed by atoms with Crippen LogP contribution >= 0.6 is 0 Å². The van der Waals surface area contributed by atoms with Crippen molar-refractivity contribution in [1.82, 2.24) is 15.5 Å². The van der Waals surface area contributed by atoms with Crippen LogP contribution in [-0.2, 0) is 0 Å². The third-order valence-corrected chi connectivity index (χ3v) is 4.06. The fourth-order valence-electron chi connectivity index (χ4n) is 2.71. The first-order valence-electron chi connectivity index (χ1n) is 7.33. The van der Waals surface area contributed by atoms with E-state index in [2.05, 4.69) is 36.2 Å². The molecule has 0 saturated heterocycles. The summed E-state index contributed by atoms with van der Waals surface area (Å²) in [5, 5.41) is 7.70. The van der Waals surface area contributed by atoms with Gasteiger partial charge in [0.1, 0.15) is 0 Å². The van der Waals surface area contributed by atoms with Gasteiger partial charge >= 0.3 is 0 Å². The molecule has 3 unspecified atom stereocenters. The average molecular weight is 251 g/mol. The first-order valence-corrected chi connectivity index (χ1v) is 7.33. The summed E-state index contributed by atoms with van der Waals surface area (Å²) in [5.74, 6) is 2.51. The average Bonchev–Trinajstić information content (AvgIpc) is 2.88.